The number of aryl methyl sites for hydroxylation is 1. The number of benzene rings is 1. The van der Waals surface area contributed by atoms with Gasteiger partial charge in [0.1, 0.15) is 5.76 Å². The van der Waals surface area contributed by atoms with Gasteiger partial charge >= 0.3 is 6.18 Å². The van der Waals surface area contributed by atoms with E-state index in [0.29, 0.717) is 6.54 Å². The molecule has 148 valence electrons. The second-order valence-electron chi connectivity index (χ2n) is 6.94. The minimum absolute atomic E-state index is 0.00592. The highest BCUT2D eigenvalue weighted by Gasteiger charge is 2.33. The van der Waals surface area contributed by atoms with Crippen LogP contribution in [0.5, 0.6) is 0 Å². The summed E-state index contributed by atoms with van der Waals surface area (Å²) in [6, 6.07) is 5.44. The normalized spacial score (nSPS) is 18.0. The van der Waals surface area contributed by atoms with Crippen molar-refractivity contribution in [3.63, 3.8) is 0 Å². The molecule has 1 N–H and O–H groups in total. The molecule has 2 heterocycles. The Labute approximate surface area is 156 Å². The fourth-order valence-electron chi connectivity index (χ4n) is 3.41. The van der Waals surface area contributed by atoms with Gasteiger partial charge in [-0.05, 0) is 18.6 Å². The minimum Gasteiger partial charge on any atom is -0.448 e. The summed E-state index contributed by atoms with van der Waals surface area (Å²) >= 11 is 0. The molecule has 8 heteroatoms. The molecule has 0 aliphatic carbocycles. The monoisotopic (exact) mass is 383 g/mol. The standard InChI is InChI=1S/C19H24F3N3O2/c1-14-18(23-13-27-14)12-25-8-6-24(7-9-25)11-16(26)10-15-4-2-3-5-17(15)19(20,21)22/h2-5,13,16,26H,6-12H2,1H3. The van der Waals surface area contributed by atoms with Crippen LogP contribution >= 0.6 is 0 Å². The molecular weight excluding hydrogens is 359 g/mol. The lowest BCUT2D eigenvalue weighted by Gasteiger charge is -2.35. The smallest absolute Gasteiger partial charge is 0.416 e. The van der Waals surface area contributed by atoms with Crippen molar-refractivity contribution in [2.75, 3.05) is 32.7 Å². The second kappa shape index (κ2) is 8.41. The second-order valence-corrected chi connectivity index (χ2v) is 6.94. The number of alkyl halides is 3. The van der Waals surface area contributed by atoms with Crippen LogP contribution in [-0.4, -0.2) is 58.7 Å². The van der Waals surface area contributed by atoms with Crippen LogP contribution in [0, 0.1) is 6.92 Å². The van der Waals surface area contributed by atoms with Crippen LogP contribution in [0.2, 0.25) is 0 Å². The summed E-state index contributed by atoms with van der Waals surface area (Å²) in [5.41, 5.74) is 0.390. The molecule has 0 spiro atoms. The molecule has 5 nitrogen and oxygen atoms in total. The fraction of sp³-hybridized carbons (Fsp3) is 0.526. The number of nitrogens with zero attached hydrogens (tertiary/aromatic N) is 3. The molecule has 1 aromatic carbocycles. The van der Waals surface area contributed by atoms with Crippen molar-refractivity contribution in [2.24, 2.45) is 0 Å². The van der Waals surface area contributed by atoms with E-state index < -0.39 is 17.8 Å². The summed E-state index contributed by atoms with van der Waals surface area (Å²) in [5.74, 6) is 0.816. The third-order valence-corrected chi connectivity index (χ3v) is 4.93. The highest BCUT2D eigenvalue weighted by Crippen LogP contribution is 2.32. The van der Waals surface area contributed by atoms with Crippen LogP contribution in [0.1, 0.15) is 22.6 Å². The topological polar surface area (TPSA) is 52.7 Å². The molecule has 0 radical (unpaired) electrons. The molecule has 27 heavy (non-hydrogen) atoms. The summed E-state index contributed by atoms with van der Waals surface area (Å²) in [4.78, 5) is 8.55. The van der Waals surface area contributed by atoms with E-state index in [-0.39, 0.29) is 12.0 Å². The van der Waals surface area contributed by atoms with Gasteiger partial charge in [-0.3, -0.25) is 9.80 Å². The number of aliphatic hydroxyl groups is 1. The van der Waals surface area contributed by atoms with E-state index in [1.54, 1.807) is 6.07 Å². The first-order valence-corrected chi connectivity index (χ1v) is 9.00. The Morgan fingerprint density at radius 3 is 2.44 bits per heavy atom. The number of piperazine rings is 1. The average molecular weight is 383 g/mol. The zero-order chi connectivity index (χ0) is 19.4. The third-order valence-electron chi connectivity index (χ3n) is 4.93. The Morgan fingerprint density at radius 2 is 1.81 bits per heavy atom. The molecule has 1 aromatic heterocycles. The number of β-amino-alcohol motifs (C(OH)–C–C–N with tert-alkyl or cyclic N) is 1. The van der Waals surface area contributed by atoms with Crippen LogP contribution in [0.25, 0.3) is 0 Å². The predicted octanol–water partition coefficient (Wildman–Crippen LogP) is 2.72. The van der Waals surface area contributed by atoms with Gasteiger partial charge in [0.2, 0.25) is 0 Å². The first kappa shape index (κ1) is 19.9. The van der Waals surface area contributed by atoms with Crippen molar-refractivity contribution in [1.82, 2.24) is 14.8 Å². The van der Waals surface area contributed by atoms with Gasteiger partial charge in [-0.2, -0.15) is 13.2 Å². The van der Waals surface area contributed by atoms with E-state index in [9.17, 15) is 18.3 Å². The lowest BCUT2D eigenvalue weighted by molar-refractivity contribution is -0.138. The van der Waals surface area contributed by atoms with Crippen molar-refractivity contribution in [2.45, 2.75) is 32.2 Å². The van der Waals surface area contributed by atoms with Crippen molar-refractivity contribution in [3.8, 4) is 0 Å². The van der Waals surface area contributed by atoms with Gasteiger partial charge in [0.25, 0.3) is 0 Å². The Hall–Kier alpha value is -1.90. The molecule has 1 fully saturated rings. The molecular formula is C19H24F3N3O2. The van der Waals surface area contributed by atoms with Crippen molar-refractivity contribution in [1.29, 1.82) is 0 Å². The van der Waals surface area contributed by atoms with Gasteiger partial charge < -0.3 is 9.52 Å². The highest BCUT2D eigenvalue weighted by atomic mass is 19.4. The number of aliphatic hydroxyl groups excluding tert-OH is 1. The molecule has 0 bridgehead atoms. The number of halogens is 3. The first-order valence-electron chi connectivity index (χ1n) is 9.00. The largest absolute Gasteiger partial charge is 0.448 e. The zero-order valence-electron chi connectivity index (χ0n) is 15.2. The van der Waals surface area contributed by atoms with Crippen molar-refractivity contribution >= 4 is 0 Å². The Balaban J connectivity index is 1.49. The van der Waals surface area contributed by atoms with Gasteiger partial charge in [-0.15, -0.1) is 0 Å². The molecule has 0 amide bonds. The molecule has 1 aliphatic rings. The molecule has 1 atom stereocenters. The summed E-state index contributed by atoms with van der Waals surface area (Å²) in [6.45, 7) is 6.12. The van der Waals surface area contributed by atoms with Crippen molar-refractivity contribution in [3.05, 3.63) is 53.2 Å². The maximum Gasteiger partial charge on any atom is 0.416 e. The zero-order valence-corrected chi connectivity index (χ0v) is 15.2. The van der Waals surface area contributed by atoms with Crippen LogP contribution in [0.4, 0.5) is 13.2 Å². The molecule has 0 saturated carbocycles. The van der Waals surface area contributed by atoms with E-state index >= 15 is 0 Å². The van der Waals surface area contributed by atoms with Crippen molar-refractivity contribution < 1.29 is 22.7 Å². The third kappa shape index (κ3) is 5.31. The lowest BCUT2D eigenvalue weighted by Crippen LogP contribution is -2.48. The summed E-state index contributed by atoms with van der Waals surface area (Å²) < 4.78 is 44.4. The quantitative estimate of drug-likeness (QED) is 0.831. The lowest BCUT2D eigenvalue weighted by atomic mass is 10.0. The van der Waals surface area contributed by atoms with Gasteiger partial charge in [-0.25, -0.2) is 4.98 Å². The van der Waals surface area contributed by atoms with Gasteiger partial charge in [-0.1, -0.05) is 18.2 Å². The van der Waals surface area contributed by atoms with Crippen LogP contribution in [0.15, 0.2) is 35.1 Å². The number of aromatic nitrogens is 1. The first-order chi connectivity index (χ1) is 12.8. The van der Waals surface area contributed by atoms with E-state index in [2.05, 4.69) is 14.8 Å². The highest BCUT2D eigenvalue weighted by molar-refractivity contribution is 5.30. The average Bonchev–Trinajstić information content (AvgIpc) is 3.01. The van der Waals surface area contributed by atoms with Gasteiger partial charge in [0, 0.05) is 45.7 Å². The molecule has 1 saturated heterocycles. The number of oxazole rings is 1. The molecule has 1 aliphatic heterocycles. The van der Waals surface area contributed by atoms with Gasteiger partial charge in [0.15, 0.2) is 6.39 Å². The fourth-order valence-corrected chi connectivity index (χ4v) is 3.41. The molecule has 2 aromatic rings. The molecule has 3 rings (SSSR count). The van der Waals surface area contributed by atoms with Crippen LogP contribution in [0.3, 0.4) is 0 Å². The number of hydrogen-bond acceptors (Lipinski definition) is 5. The Bertz CT molecular complexity index is 740. The summed E-state index contributed by atoms with van der Waals surface area (Å²) in [7, 11) is 0. The maximum absolute atomic E-state index is 13.1. The minimum atomic E-state index is -4.40. The van der Waals surface area contributed by atoms with Gasteiger partial charge in [0.05, 0.1) is 17.4 Å². The number of hydrogen-bond donors (Lipinski definition) is 1. The summed E-state index contributed by atoms with van der Waals surface area (Å²) in [6.07, 6.45) is -3.80. The predicted molar refractivity (Wildman–Crippen MR) is 94.1 cm³/mol. The summed E-state index contributed by atoms with van der Waals surface area (Å²) in [5, 5.41) is 10.3. The Kier molecular flexibility index (Phi) is 6.18. The molecule has 1 unspecified atom stereocenters. The van der Waals surface area contributed by atoms with E-state index in [4.69, 9.17) is 4.42 Å². The van der Waals surface area contributed by atoms with E-state index in [1.165, 1.54) is 18.5 Å². The van der Waals surface area contributed by atoms with E-state index in [1.807, 2.05) is 6.92 Å². The maximum atomic E-state index is 13.1. The van der Waals surface area contributed by atoms with E-state index in [0.717, 1.165) is 50.2 Å². The van der Waals surface area contributed by atoms with Crippen LogP contribution in [-0.2, 0) is 19.1 Å². The Morgan fingerprint density at radius 1 is 1.15 bits per heavy atom. The SMILES string of the molecule is Cc1ocnc1CN1CCN(CC(O)Cc2ccccc2C(F)(F)F)CC1. The van der Waals surface area contributed by atoms with Crippen LogP contribution < -0.4 is 0 Å². The number of rotatable bonds is 6.